The molecule has 1 N–H and O–H groups in total. The van der Waals surface area contributed by atoms with E-state index < -0.39 is 0 Å². The van der Waals surface area contributed by atoms with Crippen LogP contribution >= 0.6 is 0 Å². The first-order valence-corrected chi connectivity index (χ1v) is 6.12. The maximum absolute atomic E-state index is 5.43. The molecule has 1 atom stereocenters. The van der Waals surface area contributed by atoms with Gasteiger partial charge in [-0.15, -0.1) is 0 Å². The highest BCUT2D eigenvalue weighted by atomic mass is 16.3. The van der Waals surface area contributed by atoms with Gasteiger partial charge in [0.15, 0.2) is 0 Å². The van der Waals surface area contributed by atoms with Gasteiger partial charge in [0, 0.05) is 11.4 Å². The zero-order valence-electron chi connectivity index (χ0n) is 9.41. The Bertz CT molecular complexity index is 468. The van der Waals surface area contributed by atoms with Crippen LogP contribution < -0.4 is 5.32 Å². The number of furan rings is 1. The molecule has 2 aromatic rings. The van der Waals surface area contributed by atoms with Crippen LogP contribution in [0.4, 0.5) is 0 Å². The number of hydrogen-bond acceptors (Lipinski definition) is 2. The second-order valence-electron chi connectivity index (χ2n) is 4.60. The molecule has 0 bridgehead atoms. The Kier molecular flexibility index (Phi) is 2.66. The van der Waals surface area contributed by atoms with Crippen molar-refractivity contribution in [2.75, 3.05) is 6.54 Å². The van der Waals surface area contributed by atoms with Gasteiger partial charge in [-0.05, 0) is 43.5 Å². The fraction of sp³-hybridized carbons (Fsp3) is 0.429. The fourth-order valence-corrected chi connectivity index (χ4v) is 2.60. The van der Waals surface area contributed by atoms with Crippen LogP contribution in [-0.4, -0.2) is 12.6 Å². The van der Waals surface area contributed by atoms with Gasteiger partial charge in [-0.25, -0.2) is 0 Å². The molecule has 1 aromatic carbocycles. The molecule has 84 valence electrons. The average molecular weight is 215 g/mol. The normalized spacial score (nSPS) is 21.4. The Hall–Kier alpha value is -1.28. The van der Waals surface area contributed by atoms with Crippen LogP contribution in [0.2, 0.25) is 0 Å². The van der Waals surface area contributed by atoms with E-state index in [1.165, 1.54) is 36.8 Å². The quantitative estimate of drug-likeness (QED) is 0.832. The van der Waals surface area contributed by atoms with Gasteiger partial charge < -0.3 is 9.73 Å². The summed E-state index contributed by atoms with van der Waals surface area (Å²) in [5.41, 5.74) is 2.42. The van der Waals surface area contributed by atoms with Gasteiger partial charge in [-0.1, -0.05) is 18.6 Å². The third-order valence-electron chi connectivity index (χ3n) is 3.46. The standard InChI is InChI=1S/C14H17NO/c1-2-8-15-12(5-1)10-11-4-3-6-14-13(11)7-9-16-14/h3-4,6-7,9,12,15H,1-2,5,8,10H2. The van der Waals surface area contributed by atoms with Gasteiger partial charge in [-0.3, -0.25) is 0 Å². The van der Waals surface area contributed by atoms with Crippen LogP contribution in [-0.2, 0) is 6.42 Å². The molecule has 1 saturated heterocycles. The first kappa shape index (κ1) is 9.91. The van der Waals surface area contributed by atoms with Gasteiger partial charge in [0.05, 0.1) is 6.26 Å². The summed E-state index contributed by atoms with van der Waals surface area (Å²) in [4.78, 5) is 0. The van der Waals surface area contributed by atoms with Crippen LogP contribution in [0.15, 0.2) is 34.9 Å². The van der Waals surface area contributed by atoms with Crippen molar-refractivity contribution in [2.24, 2.45) is 0 Å². The maximum atomic E-state index is 5.43. The summed E-state index contributed by atoms with van der Waals surface area (Å²) < 4.78 is 5.43. The van der Waals surface area contributed by atoms with Crippen molar-refractivity contribution in [3.8, 4) is 0 Å². The third-order valence-corrected chi connectivity index (χ3v) is 3.46. The van der Waals surface area contributed by atoms with E-state index in [0.717, 1.165) is 12.0 Å². The number of fused-ring (bicyclic) bond motifs is 1. The largest absolute Gasteiger partial charge is 0.464 e. The van der Waals surface area contributed by atoms with Crippen molar-refractivity contribution in [1.29, 1.82) is 0 Å². The monoisotopic (exact) mass is 215 g/mol. The lowest BCUT2D eigenvalue weighted by Gasteiger charge is -2.23. The number of hydrogen-bond donors (Lipinski definition) is 1. The predicted octanol–water partition coefficient (Wildman–Crippen LogP) is 3.12. The second-order valence-corrected chi connectivity index (χ2v) is 4.60. The molecule has 1 aliphatic heterocycles. The third kappa shape index (κ3) is 1.85. The molecule has 0 amide bonds. The molecule has 3 rings (SSSR count). The van der Waals surface area contributed by atoms with E-state index in [-0.39, 0.29) is 0 Å². The van der Waals surface area contributed by atoms with E-state index in [0.29, 0.717) is 6.04 Å². The predicted molar refractivity (Wildman–Crippen MR) is 65.6 cm³/mol. The van der Waals surface area contributed by atoms with E-state index in [4.69, 9.17) is 4.42 Å². The molecule has 0 aliphatic carbocycles. The van der Waals surface area contributed by atoms with Gasteiger partial charge >= 0.3 is 0 Å². The average Bonchev–Trinajstić information content (AvgIpc) is 2.80. The first-order chi connectivity index (χ1) is 7.93. The zero-order chi connectivity index (χ0) is 10.8. The number of rotatable bonds is 2. The first-order valence-electron chi connectivity index (χ1n) is 6.12. The fourth-order valence-electron chi connectivity index (χ4n) is 2.60. The van der Waals surface area contributed by atoms with E-state index in [9.17, 15) is 0 Å². The summed E-state index contributed by atoms with van der Waals surface area (Å²) in [7, 11) is 0. The molecule has 0 spiro atoms. The van der Waals surface area contributed by atoms with E-state index in [2.05, 4.69) is 23.5 Å². The summed E-state index contributed by atoms with van der Waals surface area (Å²) >= 11 is 0. The molecule has 1 unspecified atom stereocenters. The lowest BCUT2D eigenvalue weighted by atomic mass is 9.96. The Balaban J connectivity index is 1.85. The van der Waals surface area contributed by atoms with E-state index >= 15 is 0 Å². The summed E-state index contributed by atoms with van der Waals surface area (Å²) in [6.07, 6.45) is 6.89. The zero-order valence-corrected chi connectivity index (χ0v) is 9.41. The summed E-state index contributed by atoms with van der Waals surface area (Å²) in [5, 5.41) is 4.87. The molecule has 0 saturated carbocycles. The highest BCUT2D eigenvalue weighted by Crippen LogP contribution is 2.22. The SMILES string of the molecule is c1cc(CC2CCCCN2)c2ccoc2c1. The van der Waals surface area contributed by atoms with Gasteiger partial charge in [0.2, 0.25) is 0 Å². The second kappa shape index (κ2) is 4.30. The van der Waals surface area contributed by atoms with Gasteiger partial charge in [0.25, 0.3) is 0 Å². The van der Waals surface area contributed by atoms with Crippen LogP contribution in [0.3, 0.4) is 0 Å². The Morgan fingerprint density at radius 3 is 3.12 bits per heavy atom. The highest BCUT2D eigenvalue weighted by molar-refractivity contribution is 5.80. The molecule has 1 aliphatic rings. The molecular weight excluding hydrogens is 198 g/mol. The molecule has 1 aromatic heterocycles. The molecular formula is C14H17NO. The molecule has 2 heterocycles. The minimum atomic E-state index is 0.647. The molecule has 2 heteroatoms. The van der Waals surface area contributed by atoms with E-state index in [1.54, 1.807) is 6.26 Å². The highest BCUT2D eigenvalue weighted by Gasteiger charge is 2.14. The minimum absolute atomic E-state index is 0.647. The van der Waals surface area contributed by atoms with Crippen LogP contribution in [0.25, 0.3) is 11.0 Å². The van der Waals surface area contributed by atoms with Crippen LogP contribution in [0, 0.1) is 0 Å². The lowest BCUT2D eigenvalue weighted by Crippen LogP contribution is -2.35. The number of benzene rings is 1. The van der Waals surface area contributed by atoms with Gasteiger partial charge in [-0.2, -0.15) is 0 Å². The number of piperidine rings is 1. The minimum Gasteiger partial charge on any atom is -0.464 e. The van der Waals surface area contributed by atoms with Crippen LogP contribution in [0.5, 0.6) is 0 Å². The molecule has 1 fully saturated rings. The smallest absolute Gasteiger partial charge is 0.134 e. The van der Waals surface area contributed by atoms with Crippen molar-refractivity contribution in [1.82, 2.24) is 5.32 Å². The van der Waals surface area contributed by atoms with E-state index in [1.807, 2.05) is 6.07 Å². The van der Waals surface area contributed by atoms with Crippen molar-refractivity contribution in [3.63, 3.8) is 0 Å². The Labute approximate surface area is 95.6 Å². The summed E-state index contributed by atoms with van der Waals surface area (Å²) in [6, 6.07) is 9.06. The van der Waals surface area contributed by atoms with Crippen molar-refractivity contribution < 1.29 is 4.42 Å². The molecule has 16 heavy (non-hydrogen) atoms. The Morgan fingerprint density at radius 2 is 2.25 bits per heavy atom. The Morgan fingerprint density at radius 1 is 1.25 bits per heavy atom. The topological polar surface area (TPSA) is 25.2 Å². The molecule has 2 nitrogen and oxygen atoms in total. The van der Waals surface area contributed by atoms with Gasteiger partial charge in [0.1, 0.15) is 5.58 Å². The van der Waals surface area contributed by atoms with Crippen molar-refractivity contribution in [2.45, 2.75) is 31.7 Å². The summed E-state index contributed by atoms with van der Waals surface area (Å²) in [5.74, 6) is 0. The number of nitrogens with one attached hydrogen (secondary N) is 1. The maximum Gasteiger partial charge on any atom is 0.134 e. The summed E-state index contributed by atoms with van der Waals surface area (Å²) in [6.45, 7) is 1.17. The molecule has 0 radical (unpaired) electrons. The van der Waals surface area contributed by atoms with Crippen molar-refractivity contribution in [3.05, 3.63) is 36.1 Å². The van der Waals surface area contributed by atoms with Crippen molar-refractivity contribution >= 4 is 11.0 Å². The lowest BCUT2D eigenvalue weighted by molar-refractivity contribution is 0.400. The van der Waals surface area contributed by atoms with Crippen LogP contribution in [0.1, 0.15) is 24.8 Å².